The molecule has 30 heavy (non-hydrogen) atoms. The van der Waals surface area contributed by atoms with Gasteiger partial charge in [-0.15, -0.1) is 0 Å². The van der Waals surface area contributed by atoms with Crippen LogP contribution in [0.25, 0.3) is 0 Å². The topological polar surface area (TPSA) is 77.4 Å². The molecule has 0 aromatic carbocycles. The molecule has 176 valence electrons. The molecule has 0 rings (SSSR count). The molecule has 0 amide bonds. The van der Waals surface area contributed by atoms with E-state index in [0.29, 0.717) is 12.8 Å². The van der Waals surface area contributed by atoms with Gasteiger partial charge in [0.1, 0.15) is 0 Å². The average Bonchev–Trinajstić information content (AvgIpc) is 2.67. The van der Waals surface area contributed by atoms with Gasteiger partial charge >= 0.3 is 51.4 Å². The van der Waals surface area contributed by atoms with Crippen molar-refractivity contribution in [3.8, 4) is 0 Å². The molecule has 0 heterocycles. The molecule has 0 saturated heterocycles. The number of aliphatic hydroxyl groups excluding tert-OH is 1. The van der Waals surface area contributed by atoms with E-state index in [4.69, 9.17) is 0 Å². The zero-order valence-corrected chi connectivity index (χ0v) is 24.3. The van der Waals surface area contributed by atoms with E-state index in [0.717, 1.165) is 32.1 Å². The SMILES string of the molecule is CCCCCCCCCCCCC(CC(O)CCCCCCCCC)S(=O)(=O)[O-].[K+]. The Kier molecular flexibility index (Phi) is 26.6. The average molecular weight is 473 g/mol. The summed E-state index contributed by atoms with van der Waals surface area (Å²) in [5.74, 6) is 0. The molecule has 2 unspecified atom stereocenters. The summed E-state index contributed by atoms with van der Waals surface area (Å²) in [6.07, 6.45) is 20.5. The molecule has 0 bridgehead atoms. The third kappa shape index (κ3) is 22.7. The minimum Gasteiger partial charge on any atom is -0.748 e. The molecule has 0 aliphatic heterocycles. The molecule has 1 N–H and O–H groups in total. The van der Waals surface area contributed by atoms with Gasteiger partial charge in [0.2, 0.25) is 0 Å². The van der Waals surface area contributed by atoms with Gasteiger partial charge in [0.05, 0.1) is 21.5 Å². The van der Waals surface area contributed by atoms with Crippen LogP contribution in [-0.4, -0.2) is 29.4 Å². The molecule has 0 aromatic rings. The predicted octanol–water partition coefficient (Wildman–Crippen LogP) is 4.11. The smallest absolute Gasteiger partial charge is 0.748 e. The van der Waals surface area contributed by atoms with E-state index in [1.165, 1.54) is 77.0 Å². The largest absolute Gasteiger partial charge is 1.00 e. The van der Waals surface area contributed by atoms with Crippen molar-refractivity contribution in [2.75, 3.05) is 0 Å². The molecule has 0 aliphatic rings. The standard InChI is InChI=1S/C24H50O4S.K/c1-3-5-7-9-11-12-13-15-17-19-21-24(29(26,27)28)22-23(25)20-18-16-14-10-8-6-4-2;/h23-25H,3-22H2,1-2H3,(H,26,27,28);/q;+1/p-1. The number of aliphatic hydroxyl groups is 1. The van der Waals surface area contributed by atoms with Crippen LogP contribution < -0.4 is 51.4 Å². The van der Waals surface area contributed by atoms with Gasteiger partial charge in [-0.1, -0.05) is 123 Å². The third-order valence-electron chi connectivity index (χ3n) is 5.96. The van der Waals surface area contributed by atoms with E-state index in [-0.39, 0.29) is 57.8 Å². The Bertz CT molecular complexity index is 442. The normalized spacial score (nSPS) is 13.7. The maximum absolute atomic E-state index is 11.6. The van der Waals surface area contributed by atoms with Crippen molar-refractivity contribution >= 4 is 10.1 Å². The van der Waals surface area contributed by atoms with Crippen LogP contribution >= 0.6 is 0 Å². The minimum absolute atomic E-state index is 0. The second-order valence-electron chi connectivity index (χ2n) is 8.88. The van der Waals surface area contributed by atoms with Crippen LogP contribution in [0.15, 0.2) is 0 Å². The zero-order chi connectivity index (χ0) is 21.8. The van der Waals surface area contributed by atoms with E-state index in [2.05, 4.69) is 13.8 Å². The summed E-state index contributed by atoms with van der Waals surface area (Å²) in [5, 5.41) is 9.26. The summed E-state index contributed by atoms with van der Waals surface area (Å²) in [4.78, 5) is 0. The number of unbranched alkanes of at least 4 members (excludes halogenated alkanes) is 15. The molecule has 0 saturated carbocycles. The molecule has 6 heteroatoms. The second-order valence-corrected chi connectivity index (χ2v) is 10.5. The van der Waals surface area contributed by atoms with Gasteiger partial charge < -0.3 is 9.66 Å². The van der Waals surface area contributed by atoms with E-state index in [1.807, 2.05) is 0 Å². The summed E-state index contributed by atoms with van der Waals surface area (Å²) in [5.41, 5.74) is 0. The van der Waals surface area contributed by atoms with E-state index >= 15 is 0 Å². The summed E-state index contributed by atoms with van der Waals surface area (Å²) in [7, 11) is -4.33. The first-order valence-electron chi connectivity index (χ1n) is 12.5. The van der Waals surface area contributed by atoms with Crippen molar-refractivity contribution in [1.29, 1.82) is 0 Å². The quantitative estimate of drug-likeness (QED) is 0.146. The summed E-state index contributed by atoms with van der Waals surface area (Å²) < 4.78 is 34.7. The number of hydrogen-bond acceptors (Lipinski definition) is 4. The molecule has 0 fully saturated rings. The van der Waals surface area contributed by atoms with Gasteiger partial charge in [0.15, 0.2) is 0 Å². The molecular formula is C24H49KO4S. The monoisotopic (exact) mass is 472 g/mol. The van der Waals surface area contributed by atoms with Crippen LogP contribution in [-0.2, 0) is 10.1 Å². The van der Waals surface area contributed by atoms with Crippen LogP contribution in [0.4, 0.5) is 0 Å². The predicted molar refractivity (Wildman–Crippen MR) is 123 cm³/mol. The molecular weight excluding hydrogens is 423 g/mol. The fourth-order valence-electron chi connectivity index (χ4n) is 4.00. The van der Waals surface area contributed by atoms with Gasteiger partial charge in [-0.3, -0.25) is 0 Å². The van der Waals surface area contributed by atoms with Crippen molar-refractivity contribution in [2.24, 2.45) is 0 Å². The van der Waals surface area contributed by atoms with E-state index in [9.17, 15) is 18.1 Å². The van der Waals surface area contributed by atoms with Crippen molar-refractivity contribution in [3.05, 3.63) is 0 Å². The van der Waals surface area contributed by atoms with Crippen molar-refractivity contribution in [1.82, 2.24) is 0 Å². The first-order valence-corrected chi connectivity index (χ1v) is 14.0. The minimum atomic E-state index is -4.33. The summed E-state index contributed by atoms with van der Waals surface area (Å²) in [6, 6.07) is 0. The second kappa shape index (κ2) is 23.7. The summed E-state index contributed by atoms with van der Waals surface area (Å²) in [6.45, 7) is 4.43. The Hall–Kier alpha value is 1.51. The van der Waals surface area contributed by atoms with Crippen molar-refractivity contribution in [2.45, 2.75) is 154 Å². The van der Waals surface area contributed by atoms with Crippen LogP contribution in [0.2, 0.25) is 0 Å². The van der Waals surface area contributed by atoms with Gasteiger partial charge in [-0.05, 0) is 19.3 Å². The van der Waals surface area contributed by atoms with Crippen molar-refractivity contribution < 1.29 is 69.5 Å². The molecule has 0 spiro atoms. The third-order valence-corrected chi connectivity index (χ3v) is 7.21. The molecule has 0 radical (unpaired) electrons. The zero-order valence-electron chi connectivity index (χ0n) is 20.4. The number of hydrogen-bond donors (Lipinski definition) is 1. The van der Waals surface area contributed by atoms with Gasteiger partial charge in [0, 0.05) is 0 Å². The van der Waals surface area contributed by atoms with Crippen LogP contribution in [0.5, 0.6) is 0 Å². The van der Waals surface area contributed by atoms with E-state index < -0.39 is 21.5 Å². The molecule has 4 nitrogen and oxygen atoms in total. The first-order chi connectivity index (χ1) is 13.9. The van der Waals surface area contributed by atoms with Crippen LogP contribution in [0.1, 0.15) is 142 Å². The van der Waals surface area contributed by atoms with Gasteiger partial charge in [0.25, 0.3) is 0 Å². The Morgan fingerprint density at radius 1 is 0.633 bits per heavy atom. The Balaban J connectivity index is 0. The van der Waals surface area contributed by atoms with Crippen LogP contribution in [0, 0.1) is 0 Å². The van der Waals surface area contributed by atoms with Crippen molar-refractivity contribution in [3.63, 3.8) is 0 Å². The Morgan fingerprint density at radius 3 is 1.33 bits per heavy atom. The number of rotatable bonds is 22. The fourth-order valence-corrected chi connectivity index (χ4v) is 4.91. The molecule has 0 aliphatic carbocycles. The van der Waals surface area contributed by atoms with E-state index in [1.54, 1.807) is 0 Å². The van der Waals surface area contributed by atoms with Gasteiger partial charge in [-0.25, -0.2) is 8.42 Å². The van der Waals surface area contributed by atoms with Crippen LogP contribution in [0.3, 0.4) is 0 Å². The maximum atomic E-state index is 11.6. The fraction of sp³-hybridized carbons (Fsp3) is 1.00. The first kappa shape index (κ1) is 33.7. The molecule has 0 aromatic heterocycles. The maximum Gasteiger partial charge on any atom is 1.00 e. The molecule has 2 atom stereocenters. The summed E-state index contributed by atoms with van der Waals surface area (Å²) >= 11 is 0. The van der Waals surface area contributed by atoms with Gasteiger partial charge in [-0.2, -0.15) is 0 Å². The Labute approximate surface area is 230 Å². The Morgan fingerprint density at radius 2 is 0.967 bits per heavy atom.